The van der Waals surface area contributed by atoms with Gasteiger partial charge in [-0.05, 0) is 67.5 Å². The van der Waals surface area contributed by atoms with E-state index in [2.05, 4.69) is 39.9 Å². The van der Waals surface area contributed by atoms with Crippen molar-refractivity contribution in [1.82, 2.24) is 0 Å². The number of carbonyl (C=O) groups excluding carboxylic acids is 1. The van der Waals surface area contributed by atoms with Crippen molar-refractivity contribution in [2.75, 3.05) is 0 Å². The van der Waals surface area contributed by atoms with Gasteiger partial charge < -0.3 is 4.74 Å². The molecule has 1 fully saturated rings. The first-order valence-electron chi connectivity index (χ1n) is 8.26. The van der Waals surface area contributed by atoms with Crippen molar-refractivity contribution in [2.45, 2.75) is 26.2 Å². The summed E-state index contributed by atoms with van der Waals surface area (Å²) in [5, 5.41) is 0. The number of ether oxygens (including phenoxy) is 1. The van der Waals surface area contributed by atoms with Crippen LogP contribution in [0.25, 0.3) is 0 Å². The first-order chi connectivity index (χ1) is 12.0. The molecular weight excluding hydrogens is 376 g/mol. The molecule has 0 saturated heterocycles. The average molecular weight is 395 g/mol. The van der Waals surface area contributed by atoms with Crippen molar-refractivity contribution in [1.29, 1.82) is 0 Å². The lowest BCUT2D eigenvalue weighted by atomic mass is 10.1. The van der Waals surface area contributed by atoms with Gasteiger partial charge in [-0.15, -0.1) is 0 Å². The quantitative estimate of drug-likeness (QED) is 0.378. The first kappa shape index (κ1) is 17.5. The lowest BCUT2D eigenvalue weighted by Gasteiger charge is -2.05. The van der Waals surface area contributed by atoms with E-state index in [0.29, 0.717) is 23.2 Å². The number of carbonyl (C=O) groups is 1. The van der Waals surface area contributed by atoms with Crippen LogP contribution in [-0.2, 0) is 4.74 Å². The summed E-state index contributed by atoms with van der Waals surface area (Å²) in [6, 6.07) is 17.3. The summed E-state index contributed by atoms with van der Waals surface area (Å²) in [5.41, 5.74) is 2.73. The number of rotatable bonds is 3. The zero-order valence-corrected chi connectivity index (χ0v) is 15.8. The minimum absolute atomic E-state index is 0.319. The zero-order chi connectivity index (χ0) is 17.8. The van der Waals surface area contributed by atoms with Crippen molar-refractivity contribution in [3.63, 3.8) is 0 Å². The number of hydrogen-bond acceptors (Lipinski definition) is 2. The van der Waals surface area contributed by atoms with E-state index < -0.39 is 0 Å². The van der Waals surface area contributed by atoms with E-state index in [1.165, 1.54) is 5.56 Å². The van der Waals surface area contributed by atoms with Crippen molar-refractivity contribution in [2.24, 2.45) is 5.92 Å². The van der Waals surface area contributed by atoms with Crippen LogP contribution in [0.3, 0.4) is 0 Å². The summed E-state index contributed by atoms with van der Waals surface area (Å²) >= 11 is 3.51. The minimum Gasteiger partial charge on any atom is -0.414 e. The minimum atomic E-state index is -0.370. The molecule has 0 amide bonds. The molecule has 0 aromatic heterocycles. The van der Waals surface area contributed by atoms with Crippen molar-refractivity contribution < 1.29 is 9.53 Å². The van der Waals surface area contributed by atoms with Gasteiger partial charge in [0.2, 0.25) is 0 Å². The van der Waals surface area contributed by atoms with Gasteiger partial charge in [-0.2, -0.15) is 0 Å². The van der Waals surface area contributed by atoms with E-state index in [9.17, 15) is 4.79 Å². The van der Waals surface area contributed by atoms with Gasteiger partial charge in [0.1, 0.15) is 0 Å². The largest absolute Gasteiger partial charge is 0.414 e. The van der Waals surface area contributed by atoms with Crippen LogP contribution in [-0.4, -0.2) is 5.97 Å². The second-order valence-corrected chi connectivity index (χ2v) is 7.27. The average Bonchev–Trinajstić information content (AvgIpc) is 3.38. The SMILES string of the molecule is CC(C)=C(C#CC1CC1c1cccc(Br)c1)OC(=O)c1ccccc1. The Bertz CT molecular complexity index is 868. The number of allylic oxidation sites excluding steroid dienone is 2. The summed E-state index contributed by atoms with van der Waals surface area (Å²) in [5.74, 6) is 7.20. The van der Waals surface area contributed by atoms with Crippen molar-refractivity contribution in [3.05, 3.63) is 81.5 Å². The highest BCUT2D eigenvalue weighted by molar-refractivity contribution is 9.10. The van der Waals surface area contributed by atoms with E-state index >= 15 is 0 Å². The molecule has 2 atom stereocenters. The molecule has 0 spiro atoms. The summed E-state index contributed by atoms with van der Waals surface area (Å²) in [4.78, 5) is 12.2. The molecule has 2 nitrogen and oxygen atoms in total. The topological polar surface area (TPSA) is 26.3 Å². The van der Waals surface area contributed by atoms with Gasteiger partial charge in [0.15, 0.2) is 5.76 Å². The first-order valence-corrected chi connectivity index (χ1v) is 9.05. The third-order valence-corrected chi connectivity index (χ3v) is 4.59. The van der Waals surface area contributed by atoms with Crippen LogP contribution in [0.1, 0.15) is 42.1 Å². The monoisotopic (exact) mass is 394 g/mol. The van der Waals surface area contributed by atoms with Gasteiger partial charge in [-0.1, -0.05) is 52.2 Å². The highest BCUT2D eigenvalue weighted by Gasteiger charge is 2.37. The van der Waals surface area contributed by atoms with E-state index in [1.807, 2.05) is 44.2 Å². The maximum Gasteiger partial charge on any atom is 0.344 e. The summed E-state index contributed by atoms with van der Waals surface area (Å²) in [6.07, 6.45) is 1.05. The Morgan fingerprint density at radius 2 is 1.88 bits per heavy atom. The molecule has 0 bridgehead atoms. The second-order valence-electron chi connectivity index (χ2n) is 6.36. The predicted octanol–water partition coefficient (Wildman–Crippen LogP) is 5.71. The third kappa shape index (κ3) is 4.61. The fourth-order valence-corrected chi connectivity index (χ4v) is 3.01. The maximum absolute atomic E-state index is 12.2. The molecule has 126 valence electrons. The Hall–Kier alpha value is -2.31. The fourth-order valence-electron chi connectivity index (χ4n) is 2.60. The predicted molar refractivity (Wildman–Crippen MR) is 103 cm³/mol. The molecule has 0 radical (unpaired) electrons. The molecule has 0 heterocycles. The Morgan fingerprint density at radius 3 is 2.56 bits per heavy atom. The van der Waals surface area contributed by atoms with E-state index in [-0.39, 0.29) is 5.97 Å². The molecule has 2 aromatic rings. The highest BCUT2D eigenvalue weighted by Crippen LogP contribution is 2.47. The van der Waals surface area contributed by atoms with E-state index in [0.717, 1.165) is 16.5 Å². The molecule has 0 N–H and O–H groups in total. The number of esters is 1. The lowest BCUT2D eigenvalue weighted by molar-refractivity contribution is 0.0637. The van der Waals surface area contributed by atoms with Crippen LogP contribution in [0.5, 0.6) is 0 Å². The Balaban J connectivity index is 1.68. The maximum atomic E-state index is 12.2. The van der Waals surface area contributed by atoms with Crippen LogP contribution in [0.15, 0.2) is 70.4 Å². The molecule has 3 heteroatoms. The van der Waals surface area contributed by atoms with Gasteiger partial charge >= 0.3 is 5.97 Å². The molecule has 2 aromatic carbocycles. The van der Waals surface area contributed by atoms with Crippen LogP contribution in [0.2, 0.25) is 0 Å². The van der Waals surface area contributed by atoms with Crippen molar-refractivity contribution in [3.8, 4) is 11.8 Å². The summed E-state index contributed by atoms with van der Waals surface area (Å²) in [7, 11) is 0. The van der Waals surface area contributed by atoms with Crippen LogP contribution in [0.4, 0.5) is 0 Å². The van der Waals surface area contributed by atoms with Gasteiger partial charge in [-0.25, -0.2) is 4.79 Å². The third-order valence-electron chi connectivity index (χ3n) is 4.10. The van der Waals surface area contributed by atoms with Gasteiger partial charge in [0.05, 0.1) is 5.56 Å². The molecule has 25 heavy (non-hydrogen) atoms. The van der Waals surface area contributed by atoms with Gasteiger partial charge in [-0.3, -0.25) is 0 Å². The van der Waals surface area contributed by atoms with Gasteiger partial charge in [0, 0.05) is 10.4 Å². The fraction of sp³-hybridized carbons (Fsp3) is 0.227. The molecular formula is C22H19BrO2. The van der Waals surface area contributed by atoms with E-state index in [1.54, 1.807) is 12.1 Å². The second kappa shape index (κ2) is 7.72. The molecule has 0 aliphatic heterocycles. The Labute approximate surface area is 157 Å². The molecule has 2 unspecified atom stereocenters. The smallest absolute Gasteiger partial charge is 0.344 e. The van der Waals surface area contributed by atoms with Crippen LogP contribution >= 0.6 is 15.9 Å². The number of hydrogen-bond donors (Lipinski definition) is 0. The Morgan fingerprint density at radius 1 is 1.12 bits per heavy atom. The highest BCUT2D eigenvalue weighted by atomic mass is 79.9. The normalized spacial score (nSPS) is 17.9. The zero-order valence-electron chi connectivity index (χ0n) is 14.3. The summed E-state index contributed by atoms with van der Waals surface area (Å²) in [6.45, 7) is 3.81. The summed E-state index contributed by atoms with van der Waals surface area (Å²) < 4.78 is 6.58. The number of halogens is 1. The molecule has 1 aliphatic carbocycles. The van der Waals surface area contributed by atoms with Crippen LogP contribution in [0, 0.1) is 17.8 Å². The Kier molecular flexibility index (Phi) is 5.40. The lowest BCUT2D eigenvalue weighted by Crippen LogP contribution is -2.05. The molecule has 3 rings (SSSR count). The van der Waals surface area contributed by atoms with Crippen LogP contribution < -0.4 is 0 Å². The standard InChI is InChI=1S/C22H19BrO2/c1-15(2)21(25-22(24)16-7-4-3-5-8-16)12-11-18-14-20(18)17-9-6-10-19(23)13-17/h3-10,13,18,20H,14H2,1-2H3. The van der Waals surface area contributed by atoms with Gasteiger partial charge in [0.25, 0.3) is 0 Å². The van der Waals surface area contributed by atoms with E-state index in [4.69, 9.17) is 4.74 Å². The van der Waals surface area contributed by atoms with Crippen molar-refractivity contribution >= 4 is 21.9 Å². The number of benzene rings is 2. The molecule has 1 aliphatic rings. The molecule has 1 saturated carbocycles.